The van der Waals surface area contributed by atoms with Crippen LogP contribution in [0.1, 0.15) is 30.7 Å². The lowest BCUT2D eigenvalue weighted by Gasteiger charge is -2.36. The molecule has 4 nitrogen and oxygen atoms in total. The summed E-state index contributed by atoms with van der Waals surface area (Å²) in [5, 5.41) is 3.39. The Morgan fingerprint density at radius 1 is 1.47 bits per heavy atom. The molecule has 2 atom stereocenters. The van der Waals surface area contributed by atoms with Crippen molar-refractivity contribution in [3.63, 3.8) is 0 Å². The molecule has 0 spiro atoms. The maximum atomic E-state index is 5.64. The fourth-order valence-electron chi connectivity index (χ4n) is 2.60. The zero-order chi connectivity index (χ0) is 12.4. The highest BCUT2D eigenvalue weighted by molar-refractivity contribution is 5.05. The van der Waals surface area contributed by atoms with Gasteiger partial charge in [-0.3, -0.25) is 4.90 Å². The number of hydrogen-bond acceptors (Lipinski definition) is 4. The van der Waals surface area contributed by atoms with Gasteiger partial charge in [0.1, 0.15) is 5.76 Å². The first-order valence-corrected chi connectivity index (χ1v) is 6.42. The molecule has 1 aromatic heterocycles. The van der Waals surface area contributed by atoms with Crippen LogP contribution in [-0.2, 0) is 6.54 Å². The molecule has 17 heavy (non-hydrogen) atoms. The Hall–Kier alpha value is -0.870. The van der Waals surface area contributed by atoms with Crippen LogP contribution in [0.15, 0.2) is 4.42 Å². The molecule has 0 amide bonds. The molecule has 1 saturated heterocycles. The van der Waals surface area contributed by atoms with Gasteiger partial charge in [-0.2, -0.15) is 0 Å². The third kappa shape index (κ3) is 2.87. The number of rotatable bonds is 3. The fourth-order valence-corrected chi connectivity index (χ4v) is 2.60. The van der Waals surface area contributed by atoms with Crippen molar-refractivity contribution < 1.29 is 4.42 Å². The maximum absolute atomic E-state index is 5.64. The number of hydrogen-bond donors (Lipinski definition) is 1. The summed E-state index contributed by atoms with van der Waals surface area (Å²) in [5.74, 6) is 2.49. The number of likely N-dealkylation sites (tertiary alicyclic amines) is 1. The predicted molar refractivity (Wildman–Crippen MR) is 67.9 cm³/mol. The molecule has 1 N–H and O–H groups in total. The van der Waals surface area contributed by atoms with Crippen LogP contribution in [0.2, 0.25) is 0 Å². The molecule has 0 bridgehead atoms. The van der Waals surface area contributed by atoms with E-state index in [1.165, 1.54) is 6.42 Å². The zero-order valence-electron chi connectivity index (χ0n) is 11.3. The monoisotopic (exact) mass is 237 g/mol. The second kappa shape index (κ2) is 5.19. The van der Waals surface area contributed by atoms with Gasteiger partial charge >= 0.3 is 0 Å². The Morgan fingerprint density at radius 3 is 2.76 bits per heavy atom. The molecule has 0 aliphatic carbocycles. The van der Waals surface area contributed by atoms with Crippen molar-refractivity contribution >= 4 is 0 Å². The number of piperidine rings is 1. The van der Waals surface area contributed by atoms with E-state index in [1.807, 2.05) is 13.8 Å². The highest BCUT2D eigenvalue weighted by Gasteiger charge is 2.25. The summed E-state index contributed by atoms with van der Waals surface area (Å²) in [6, 6.07) is 0.652. The molecule has 0 radical (unpaired) electrons. The SMILES string of the molecule is CNC1CCN(Cc2nc(C)c(C)o2)CC1C. The lowest BCUT2D eigenvalue weighted by Crippen LogP contribution is -2.46. The first kappa shape index (κ1) is 12.6. The minimum Gasteiger partial charge on any atom is -0.444 e. The van der Waals surface area contributed by atoms with Gasteiger partial charge in [-0.15, -0.1) is 0 Å². The van der Waals surface area contributed by atoms with Crippen LogP contribution < -0.4 is 5.32 Å². The number of aromatic nitrogens is 1. The molecular weight excluding hydrogens is 214 g/mol. The first-order chi connectivity index (χ1) is 8.10. The lowest BCUT2D eigenvalue weighted by molar-refractivity contribution is 0.134. The van der Waals surface area contributed by atoms with Gasteiger partial charge in [0.05, 0.1) is 12.2 Å². The van der Waals surface area contributed by atoms with E-state index in [1.54, 1.807) is 0 Å². The number of aryl methyl sites for hydroxylation is 2. The van der Waals surface area contributed by atoms with Crippen molar-refractivity contribution in [1.82, 2.24) is 15.2 Å². The van der Waals surface area contributed by atoms with Gasteiger partial charge in [0.25, 0.3) is 0 Å². The van der Waals surface area contributed by atoms with Crippen LogP contribution in [0.5, 0.6) is 0 Å². The molecule has 2 unspecified atom stereocenters. The van der Waals surface area contributed by atoms with Crippen LogP contribution in [0.4, 0.5) is 0 Å². The van der Waals surface area contributed by atoms with E-state index in [0.29, 0.717) is 12.0 Å². The summed E-state index contributed by atoms with van der Waals surface area (Å²) in [5.41, 5.74) is 1.01. The molecule has 0 saturated carbocycles. The topological polar surface area (TPSA) is 41.3 Å². The van der Waals surface area contributed by atoms with Crippen LogP contribution in [0, 0.1) is 19.8 Å². The third-order valence-corrected chi connectivity index (χ3v) is 3.79. The summed E-state index contributed by atoms with van der Waals surface area (Å²) in [7, 11) is 2.05. The van der Waals surface area contributed by atoms with E-state index in [-0.39, 0.29) is 0 Å². The molecule has 1 aliphatic heterocycles. The number of oxazole rings is 1. The van der Waals surface area contributed by atoms with Gasteiger partial charge in [-0.25, -0.2) is 4.98 Å². The summed E-state index contributed by atoms with van der Waals surface area (Å²) < 4.78 is 5.64. The van der Waals surface area contributed by atoms with E-state index in [4.69, 9.17) is 4.42 Å². The van der Waals surface area contributed by atoms with E-state index in [2.05, 4.69) is 29.2 Å². The molecule has 96 valence electrons. The molecule has 2 heterocycles. The Bertz CT molecular complexity index is 355. The summed E-state index contributed by atoms with van der Waals surface area (Å²) in [6.07, 6.45) is 1.20. The number of nitrogens with one attached hydrogen (secondary N) is 1. The highest BCUT2D eigenvalue weighted by Crippen LogP contribution is 2.19. The summed E-state index contributed by atoms with van der Waals surface area (Å²) >= 11 is 0. The third-order valence-electron chi connectivity index (χ3n) is 3.79. The van der Waals surface area contributed by atoms with Gasteiger partial charge in [0.2, 0.25) is 5.89 Å². The van der Waals surface area contributed by atoms with Crippen molar-refractivity contribution in [2.24, 2.45) is 5.92 Å². The van der Waals surface area contributed by atoms with Gasteiger partial charge in [0.15, 0.2) is 0 Å². The molecule has 1 fully saturated rings. The first-order valence-electron chi connectivity index (χ1n) is 6.42. The van der Waals surface area contributed by atoms with Gasteiger partial charge in [0, 0.05) is 19.1 Å². The van der Waals surface area contributed by atoms with Crippen LogP contribution in [-0.4, -0.2) is 36.1 Å². The normalized spacial score (nSPS) is 26.4. The summed E-state index contributed by atoms with van der Waals surface area (Å²) in [6.45, 7) is 9.36. The lowest BCUT2D eigenvalue weighted by atomic mass is 9.94. The average Bonchev–Trinajstić information content (AvgIpc) is 2.58. The van der Waals surface area contributed by atoms with Gasteiger partial charge in [-0.1, -0.05) is 6.92 Å². The fraction of sp³-hybridized carbons (Fsp3) is 0.769. The zero-order valence-corrected chi connectivity index (χ0v) is 11.3. The van der Waals surface area contributed by atoms with E-state index in [9.17, 15) is 0 Å². The predicted octanol–water partition coefficient (Wildman–Crippen LogP) is 1.72. The number of nitrogens with zero attached hydrogens (tertiary/aromatic N) is 2. The molecular formula is C13H23N3O. The molecule has 1 aromatic rings. The Kier molecular flexibility index (Phi) is 3.84. The largest absolute Gasteiger partial charge is 0.444 e. The van der Waals surface area contributed by atoms with Crippen LogP contribution in [0.3, 0.4) is 0 Å². The van der Waals surface area contributed by atoms with Crippen molar-refractivity contribution in [2.45, 2.75) is 39.8 Å². The van der Waals surface area contributed by atoms with Gasteiger partial charge in [-0.05, 0) is 33.2 Å². The van der Waals surface area contributed by atoms with E-state index >= 15 is 0 Å². The van der Waals surface area contributed by atoms with Crippen LogP contribution in [0.25, 0.3) is 0 Å². The maximum Gasteiger partial charge on any atom is 0.208 e. The Balaban J connectivity index is 1.92. The molecule has 2 rings (SSSR count). The molecule has 1 aliphatic rings. The van der Waals surface area contributed by atoms with Gasteiger partial charge < -0.3 is 9.73 Å². The second-order valence-corrected chi connectivity index (χ2v) is 5.15. The standard InChI is InChI=1S/C13H23N3O/c1-9-7-16(6-5-12(9)14-4)8-13-15-10(2)11(3)17-13/h9,12,14H,5-8H2,1-4H3. The van der Waals surface area contributed by atoms with E-state index < -0.39 is 0 Å². The average molecular weight is 237 g/mol. The quantitative estimate of drug-likeness (QED) is 0.869. The minimum atomic E-state index is 0.652. The van der Waals surface area contributed by atoms with Crippen molar-refractivity contribution in [1.29, 1.82) is 0 Å². The highest BCUT2D eigenvalue weighted by atomic mass is 16.4. The second-order valence-electron chi connectivity index (χ2n) is 5.15. The summed E-state index contributed by atoms with van der Waals surface area (Å²) in [4.78, 5) is 6.88. The molecule has 4 heteroatoms. The minimum absolute atomic E-state index is 0.652. The Labute approximate surface area is 103 Å². The Morgan fingerprint density at radius 2 is 2.24 bits per heavy atom. The smallest absolute Gasteiger partial charge is 0.208 e. The van der Waals surface area contributed by atoms with Crippen LogP contribution >= 0.6 is 0 Å². The van der Waals surface area contributed by atoms with E-state index in [0.717, 1.165) is 37.0 Å². The van der Waals surface area contributed by atoms with Crippen molar-refractivity contribution in [3.8, 4) is 0 Å². The molecule has 0 aromatic carbocycles. The van der Waals surface area contributed by atoms with Crippen molar-refractivity contribution in [3.05, 3.63) is 17.3 Å². The van der Waals surface area contributed by atoms with Crippen molar-refractivity contribution in [2.75, 3.05) is 20.1 Å².